The lowest BCUT2D eigenvalue weighted by Crippen LogP contribution is -2.37. The summed E-state index contributed by atoms with van der Waals surface area (Å²) in [5.74, 6) is -5.96. The van der Waals surface area contributed by atoms with Crippen LogP contribution in [0, 0.1) is 23.0 Å². The summed E-state index contributed by atoms with van der Waals surface area (Å²) >= 11 is 0. The minimum atomic E-state index is -3.19. The Kier molecular flexibility index (Phi) is 6.58. The number of aromatic nitrogens is 3. The van der Waals surface area contributed by atoms with Crippen LogP contribution < -0.4 is 9.47 Å². The van der Waals surface area contributed by atoms with Crippen molar-refractivity contribution in [1.82, 2.24) is 19.7 Å². The molecule has 0 N–H and O–H groups in total. The summed E-state index contributed by atoms with van der Waals surface area (Å²) in [7, 11) is 1.26. The third kappa shape index (κ3) is 4.68. The summed E-state index contributed by atoms with van der Waals surface area (Å²) in [6.07, 6.45) is 1.09. The molecule has 1 aliphatic rings. The lowest BCUT2D eigenvalue weighted by molar-refractivity contribution is -0.0720. The molecule has 4 rings (SSSR count). The Morgan fingerprint density at radius 3 is 2.69 bits per heavy atom. The minimum absolute atomic E-state index is 0.0347. The van der Waals surface area contributed by atoms with Crippen molar-refractivity contribution in [2.45, 2.75) is 38.8 Å². The quantitative estimate of drug-likeness (QED) is 0.472. The van der Waals surface area contributed by atoms with Gasteiger partial charge < -0.3 is 14.4 Å². The number of carbonyl (C=O) groups is 1. The van der Waals surface area contributed by atoms with Crippen molar-refractivity contribution in [3.05, 3.63) is 64.6 Å². The van der Waals surface area contributed by atoms with E-state index in [2.05, 4.69) is 10.1 Å². The first-order valence-corrected chi connectivity index (χ1v) is 10.9. The Bertz CT molecular complexity index is 1360. The average Bonchev–Trinajstić information content (AvgIpc) is 3.25. The van der Waals surface area contributed by atoms with E-state index in [1.54, 1.807) is 0 Å². The lowest BCUT2D eigenvalue weighted by atomic mass is 10.0. The summed E-state index contributed by atoms with van der Waals surface area (Å²) in [5, 5.41) is 13.8. The van der Waals surface area contributed by atoms with Crippen molar-refractivity contribution in [1.29, 1.82) is 5.26 Å². The van der Waals surface area contributed by atoms with Gasteiger partial charge in [0.15, 0.2) is 23.5 Å². The van der Waals surface area contributed by atoms with Crippen LogP contribution in [0.2, 0.25) is 0 Å². The number of nitriles is 1. The van der Waals surface area contributed by atoms with Crippen molar-refractivity contribution >= 4 is 5.91 Å². The first-order valence-electron chi connectivity index (χ1n) is 10.9. The number of amides is 1. The van der Waals surface area contributed by atoms with Crippen molar-refractivity contribution in [2.24, 2.45) is 0 Å². The second-order valence-corrected chi connectivity index (χ2v) is 8.33. The molecule has 3 heterocycles. The van der Waals surface area contributed by atoms with Gasteiger partial charge in [0.1, 0.15) is 23.2 Å². The average molecular weight is 503 g/mol. The molecule has 1 aliphatic heterocycles. The summed E-state index contributed by atoms with van der Waals surface area (Å²) in [6.45, 7) is 2.11. The number of hydrogen-bond acceptors (Lipinski definition) is 6. The van der Waals surface area contributed by atoms with Crippen LogP contribution in [0.4, 0.5) is 17.6 Å². The van der Waals surface area contributed by atoms with Crippen LogP contribution in [0.5, 0.6) is 11.5 Å². The van der Waals surface area contributed by atoms with E-state index in [9.17, 15) is 27.6 Å². The molecule has 0 saturated heterocycles. The van der Waals surface area contributed by atoms with Gasteiger partial charge >= 0.3 is 0 Å². The van der Waals surface area contributed by atoms with Gasteiger partial charge in [-0.3, -0.25) is 4.79 Å². The molecule has 0 saturated carbocycles. The van der Waals surface area contributed by atoms with E-state index >= 15 is 0 Å². The molecular formula is C24H21F4N5O3. The number of benzene rings is 1. The molecule has 1 aromatic carbocycles. The Morgan fingerprint density at radius 2 is 2.06 bits per heavy atom. The third-order valence-corrected chi connectivity index (χ3v) is 5.83. The van der Waals surface area contributed by atoms with Crippen molar-refractivity contribution in [2.75, 3.05) is 13.7 Å². The zero-order valence-corrected chi connectivity index (χ0v) is 19.6. The van der Waals surface area contributed by atoms with E-state index < -0.39 is 29.6 Å². The van der Waals surface area contributed by atoms with Gasteiger partial charge in [-0.15, -0.1) is 0 Å². The highest BCUT2D eigenvalue weighted by Gasteiger charge is 2.35. The topological polar surface area (TPSA) is 93.3 Å². The standard InChI is InChI=1S/C24H21F4N5O3/c1-13(24(2,27)28)36-19-5-4-14(9-29)21(35-3)20(19)23(34)32-7-6-18-15(11-32)12-33(31-18)22-17(26)8-16(25)10-30-22/h4-5,8,10,12-13H,6-7,11H2,1-3H3. The van der Waals surface area contributed by atoms with Crippen LogP contribution in [0.15, 0.2) is 30.6 Å². The van der Waals surface area contributed by atoms with Crippen LogP contribution in [0.3, 0.4) is 0 Å². The molecule has 1 atom stereocenters. The fourth-order valence-corrected chi connectivity index (χ4v) is 3.79. The molecule has 0 aliphatic carbocycles. The van der Waals surface area contributed by atoms with Crippen molar-refractivity contribution in [3.63, 3.8) is 0 Å². The molecular weight excluding hydrogens is 482 g/mol. The lowest BCUT2D eigenvalue weighted by Gasteiger charge is -2.29. The van der Waals surface area contributed by atoms with Gasteiger partial charge in [0, 0.05) is 44.3 Å². The molecule has 1 unspecified atom stereocenters. The van der Waals surface area contributed by atoms with Gasteiger partial charge in [-0.25, -0.2) is 27.2 Å². The molecule has 188 valence electrons. The molecule has 2 aromatic heterocycles. The van der Waals surface area contributed by atoms with E-state index in [-0.39, 0.29) is 41.5 Å². The number of pyridine rings is 1. The van der Waals surface area contributed by atoms with E-state index in [1.807, 2.05) is 6.07 Å². The number of rotatable bonds is 6. The van der Waals surface area contributed by atoms with Crippen LogP contribution in [0.1, 0.15) is 41.0 Å². The zero-order valence-electron chi connectivity index (χ0n) is 19.6. The fraction of sp³-hybridized carbons (Fsp3) is 0.333. The fourth-order valence-electron chi connectivity index (χ4n) is 3.79. The number of methoxy groups -OCH3 is 1. The maximum atomic E-state index is 14.2. The summed E-state index contributed by atoms with van der Waals surface area (Å²) in [5.41, 5.74) is 1.06. The Hall–Kier alpha value is -4.14. The number of halogens is 4. The number of alkyl halides is 2. The van der Waals surface area contributed by atoms with Crippen molar-refractivity contribution < 1.29 is 31.8 Å². The predicted octanol–water partition coefficient (Wildman–Crippen LogP) is 4.05. The van der Waals surface area contributed by atoms with Gasteiger partial charge in [0.05, 0.1) is 24.6 Å². The van der Waals surface area contributed by atoms with E-state index in [0.29, 0.717) is 30.7 Å². The predicted molar refractivity (Wildman–Crippen MR) is 118 cm³/mol. The monoisotopic (exact) mass is 503 g/mol. The molecule has 36 heavy (non-hydrogen) atoms. The summed E-state index contributed by atoms with van der Waals surface area (Å²) < 4.78 is 66.9. The van der Waals surface area contributed by atoms with Crippen LogP contribution in [-0.4, -0.2) is 51.3 Å². The highest BCUT2D eigenvalue weighted by molar-refractivity contribution is 6.00. The third-order valence-electron chi connectivity index (χ3n) is 5.83. The maximum Gasteiger partial charge on any atom is 0.281 e. The maximum absolute atomic E-state index is 14.2. The van der Waals surface area contributed by atoms with Crippen LogP contribution in [-0.2, 0) is 13.0 Å². The van der Waals surface area contributed by atoms with Gasteiger partial charge in [-0.05, 0) is 19.1 Å². The molecule has 1 amide bonds. The molecule has 12 heteroatoms. The van der Waals surface area contributed by atoms with Gasteiger partial charge in [0.25, 0.3) is 11.8 Å². The molecule has 0 fully saturated rings. The second kappa shape index (κ2) is 9.49. The molecule has 0 radical (unpaired) electrons. The van der Waals surface area contributed by atoms with Gasteiger partial charge in [-0.2, -0.15) is 10.4 Å². The number of fused-ring (bicyclic) bond motifs is 1. The highest BCUT2D eigenvalue weighted by atomic mass is 19.3. The first-order chi connectivity index (χ1) is 17.0. The van der Waals surface area contributed by atoms with E-state index in [1.165, 1.54) is 41.9 Å². The SMILES string of the molecule is COc1c(C#N)ccc(OC(C)C(C)(F)F)c1C(=O)N1CCc2nn(-c3ncc(F)cc3F)cc2C1. The van der Waals surface area contributed by atoms with Crippen LogP contribution >= 0.6 is 0 Å². The number of hydrogen-bond donors (Lipinski definition) is 0. The normalized spacial score (nSPS) is 14.1. The second-order valence-electron chi connectivity index (χ2n) is 8.33. The Labute approximate surface area is 203 Å². The molecule has 0 bridgehead atoms. The minimum Gasteiger partial charge on any atom is -0.494 e. The largest absolute Gasteiger partial charge is 0.494 e. The number of ether oxygens (including phenoxy) is 2. The Balaban J connectivity index is 1.68. The smallest absolute Gasteiger partial charge is 0.281 e. The Morgan fingerprint density at radius 1 is 1.31 bits per heavy atom. The van der Waals surface area contributed by atoms with Gasteiger partial charge in [-0.1, -0.05) is 0 Å². The van der Waals surface area contributed by atoms with Gasteiger partial charge in [0.2, 0.25) is 0 Å². The number of carbonyl (C=O) groups excluding carboxylic acids is 1. The van der Waals surface area contributed by atoms with Crippen LogP contribution in [0.25, 0.3) is 5.82 Å². The first kappa shape index (κ1) is 25.0. The van der Waals surface area contributed by atoms with Crippen molar-refractivity contribution in [3.8, 4) is 23.4 Å². The van der Waals surface area contributed by atoms with E-state index in [0.717, 1.165) is 6.20 Å². The zero-order chi connectivity index (χ0) is 26.2. The molecule has 3 aromatic rings. The molecule has 8 nitrogen and oxygen atoms in total. The van der Waals surface area contributed by atoms with E-state index in [4.69, 9.17) is 9.47 Å². The summed E-state index contributed by atoms with van der Waals surface area (Å²) in [6, 6.07) is 5.22. The highest BCUT2D eigenvalue weighted by Crippen LogP contribution is 2.36. The number of nitrogens with zero attached hydrogens (tertiary/aromatic N) is 5. The summed E-state index contributed by atoms with van der Waals surface area (Å²) in [4.78, 5) is 18.8. The molecule has 0 spiro atoms.